The number of aromatic nitrogens is 6. The van der Waals surface area contributed by atoms with Gasteiger partial charge in [-0.15, -0.1) is 5.10 Å². The van der Waals surface area contributed by atoms with Crippen molar-refractivity contribution in [2.45, 2.75) is 37.2 Å². The number of para-hydroxylation sites is 2. The van der Waals surface area contributed by atoms with Crippen LogP contribution in [0.25, 0.3) is 22.3 Å². The maximum atomic E-state index is 13.4. The van der Waals surface area contributed by atoms with Gasteiger partial charge in [-0.2, -0.15) is 4.68 Å². The molecule has 36 heavy (non-hydrogen) atoms. The highest BCUT2D eigenvalue weighted by Crippen LogP contribution is 2.26. The van der Waals surface area contributed by atoms with Gasteiger partial charge in [0, 0.05) is 12.4 Å². The molecule has 0 fully saturated rings. The van der Waals surface area contributed by atoms with Crippen LogP contribution in [0, 0.1) is 6.92 Å². The number of hydrogen-bond donors (Lipinski definition) is 1. The van der Waals surface area contributed by atoms with E-state index < -0.39 is 5.25 Å². The molecule has 0 aliphatic heterocycles. The van der Waals surface area contributed by atoms with E-state index >= 15 is 0 Å². The van der Waals surface area contributed by atoms with Crippen molar-refractivity contribution < 1.29 is 9.21 Å². The van der Waals surface area contributed by atoms with E-state index in [0.29, 0.717) is 22.3 Å². The average Bonchev–Trinajstić information content (AvgIpc) is 3.56. The van der Waals surface area contributed by atoms with Crippen LogP contribution in [0.4, 0.5) is 0 Å². The third kappa shape index (κ3) is 4.22. The molecule has 10 nitrogen and oxygen atoms in total. The predicted octanol–water partition coefficient (Wildman–Crippen LogP) is 3.56. The highest BCUT2D eigenvalue weighted by atomic mass is 32.2. The van der Waals surface area contributed by atoms with Crippen molar-refractivity contribution in [2.75, 3.05) is 0 Å². The minimum atomic E-state index is -0.526. The van der Waals surface area contributed by atoms with Gasteiger partial charge in [-0.25, -0.2) is 4.68 Å². The van der Waals surface area contributed by atoms with Gasteiger partial charge in [0.15, 0.2) is 5.69 Å². The number of nitrogens with zero attached hydrogens (tertiary/aromatic N) is 6. The van der Waals surface area contributed by atoms with E-state index in [0.717, 1.165) is 16.7 Å². The molecule has 3 heterocycles. The number of nitrogens with one attached hydrogen (secondary N) is 1. The Hall–Kier alpha value is -4.12. The number of rotatable bonds is 7. The Morgan fingerprint density at radius 3 is 2.56 bits per heavy atom. The summed E-state index contributed by atoms with van der Waals surface area (Å²) in [6.45, 7) is 5.47. The molecule has 0 aliphatic carbocycles. The monoisotopic (exact) mass is 503 g/mol. The van der Waals surface area contributed by atoms with Crippen LogP contribution in [0.5, 0.6) is 0 Å². The van der Waals surface area contributed by atoms with Gasteiger partial charge in [0.25, 0.3) is 5.56 Å². The quantitative estimate of drug-likeness (QED) is 0.338. The Morgan fingerprint density at radius 2 is 1.81 bits per heavy atom. The molecule has 0 radical (unpaired) electrons. The molecule has 0 spiro atoms. The van der Waals surface area contributed by atoms with Crippen molar-refractivity contribution in [1.82, 2.24) is 34.9 Å². The van der Waals surface area contributed by atoms with Crippen LogP contribution < -0.4 is 10.9 Å². The molecule has 5 aromatic rings. The van der Waals surface area contributed by atoms with Gasteiger partial charge in [0.05, 0.1) is 22.7 Å². The van der Waals surface area contributed by atoms with Crippen LogP contribution in [-0.4, -0.2) is 40.7 Å². The lowest BCUT2D eigenvalue weighted by Gasteiger charge is -2.15. The fourth-order valence-electron chi connectivity index (χ4n) is 4.02. The summed E-state index contributed by atoms with van der Waals surface area (Å²) in [4.78, 5) is 26.4. The first-order chi connectivity index (χ1) is 17.3. The van der Waals surface area contributed by atoms with E-state index in [1.165, 1.54) is 16.4 Å². The number of hydrogen-bond acceptors (Lipinski definition) is 7. The van der Waals surface area contributed by atoms with Crippen molar-refractivity contribution in [1.29, 1.82) is 0 Å². The zero-order chi connectivity index (χ0) is 25.4. The van der Waals surface area contributed by atoms with Crippen LogP contribution >= 0.6 is 11.8 Å². The molecule has 184 valence electrons. The Labute approximate surface area is 210 Å². The summed E-state index contributed by atoms with van der Waals surface area (Å²) < 4.78 is 10.6. The van der Waals surface area contributed by atoms with Crippen LogP contribution in [-0.2, 0) is 11.8 Å². The van der Waals surface area contributed by atoms with E-state index in [1.807, 2.05) is 74.5 Å². The third-order valence-electron chi connectivity index (χ3n) is 6.06. The van der Waals surface area contributed by atoms with Crippen LogP contribution in [0.1, 0.15) is 31.3 Å². The van der Waals surface area contributed by atoms with Gasteiger partial charge >= 0.3 is 0 Å². The fraction of sp³-hybridized carbons (Fsp3) is 0.240. The normalized spacial score (nSPS) is 13.1. The van der Waals surface area contributed by atoms with Crippen LogP contribution in [0.2, 0.25) is 0 Å². The van der Waals surface area contributed by atoms with Gasteiger partial charge in [-0.1, -0.05) is 48.2 Å². The molecule has 0 aliphatic rings. The van der Waals surface area contributed by atoms with Crippen LogP contribution in [0.15, 0.2) is 75.0 Å². The Kier molecular flexibility index (Phi) is 6.23. The maximum absolute atomic E-state index is 13.4. The number of tetrazole rings is 1. The maximum Gasteiger partial charge on any atom is 0.297 e. The number of carbonyl (C=O) groups is 1. The molecule has 11 heteroatoms. The molecule has 2 unspecified atom stereocenters. The van der Waals surface area contributed by atoms with Gasteiger partial charge < -0.3 is 9.73 Å². The standard InChI is InChI=1S/C25H25N7O3S/c1-15(21-14-18-10-8-9-13-20(18)35-21)26-23(33)17(3)36-25-27-28-29-31(25)22-16(2)30(4)32(24(22)34)19-11-6-5-7-12-19/h5-15,17H,1-4H3,(H,26,33). The van der Waals surface area contributed by atoms with Crippen molar-refractivity contribution >= 4 is 28.6 Å². The SMILES string of the molecule is Cc1c(-n2nnnc2SC(C)C(=O)NC(C)c2cc3ccccc3o2)c(=O)n(-c2ccccc2)n1C. The zero-order valence-corrected chi connectivity index (χ0v) is 21.1. The van der Waals surface area contributed by atoms with Gasteiger partial charge in [0.2, 0.25) is 11.1 Å². The number of benzene rings is 2. The van der Waals surface area contributed by atoms with Crippen LogP contribution in [0.3, 0.4) is 0 Å². The number of fused-ring (bicyclic) bond motifs is 1. The minimum absolute atomic E-state index is 0.200. The lowest BCUT2D eigenvalue weighted by molar-refractivity contribution is -0.121. The van der Waals surface area contributed by atoms with Crippen molar-refractivity contribution in [3.05, 3.63) is 82.5 Å². The highest BCUT2D eigenvalue weighted by Gasteiger charge is 2.26. The first-order valence-electron chi connectivity index (χ1n) is 11.4. The van der Waals surface area contributed by atoms with Crippen molar-refractivity contribution in [2.24, 2.45) is 7.05 Å². The predicted molar refractivity (Wildman–Crippen MR) is 137 cm³/mol. The number of furan rings is 1. The van der Waals surface area contributed by atoms with Crippen molar-refractivity contribution in [3.63, 3.8) is 0 Å². The largest absolute Gasteiger partial charge is 0.459 e. The summed E-state index contributed by atoms with van der Waals surface area (Å²) >= 11 is 1.18. The topological polar surface area (TPSA) is 113 Å². The summed E-state index contributed by atoms with van der Waals surface area (Å²) in [6.07, 6.45) is 0. The molecule has 5 rings (SSSR count). The summed E-state index contributed by atoms with van der Waals surface area (Å²) in [7, 11) is 1.81. The van der Waals surface area contributed by atoms with E-state index in [-0.39, 0.29) is 17.5 Å². The second kappa shape index (κ2) is 9.50. The molecule has 2 atom stereocenters. The van der Waals surface area contributed by atoms with Gasteiger partial charge in [0.1, 0.15) is 11.3 Å². The molecule has 0 saturated carbocycles. The van der Waals surface area contributed by atoms with E-state index in [2.05, 4.69) is 20.8 Å². The third-order valence-corrected chi connectivity index (χ3v) is 7.09. The Balaban J connectivity index is 1.36. The Bertz CT molecular complexity index is 1570. The highest BCUT2D eigenvalue weighted by molar-refractivity contribution is 8.00. The first-order valence-corrected chi connectivity index (χ1v) is 12.3. The smallest absolute Gasteiger partial charge is 0.297 e. The first kappa shape index (κ1) is 23.6. The van der Waals surface area contributed by atoms with Gasteiger partial charge in [-0.05, 0) is 55.5 Å². The molecular formula is C25H25N7O3S. The minimum Gasteiger partial charge on any atom is -0.459 e. The van der Waals surface area contributed by atoms with Gasteiger partial charge in [-0.3, -0.25) is 14.3 Å². The Morgan fingerprint density at radius 1 is 1.08 bits per heavy atom. The van der Waals surface area contributed by atoms with E-state index in [9.17, 15) is 9.59 Å². The van der Waals surface area contributed by atoms with E-state index in [1.54, 1.807) is 23.3 Å². The second-order valence-corrected chi connectivity index (χ2v) is 9.77. The number of amides is 1. The molecule has 3 aromatic heterocycles. The summed E-state index contributed by atoms with van der Waals surface area (Å²) in [5.41, 5.74) is 2.26. The number of thioether (sulfide) groups is 1. The molecular weight excluding hydrogens is 478 g/mol. The fourth-order valence-corrected chi connectivity index (χ4v) is 4.82. The second-order valence-electron chi connectivity index (χ2n) is 8.46. The zero-order valence-electron chi connectivity index (χ0n) is 20.2. The summed E-state index contributed by atoms with van der Waals surface area (Å²) in [5.74, 6) is 0.474. The summed E-state index contributed by atoms with van der Waals surface area (Å²) in [6, 6.07) is 18.7. The lowest BCUT2D eigenvalue weighted by Crippen LogP contribution is -2.33. The molecule has 0 saturated heterocycles. The molecule has 0 bridgehead atoms. The summed E-state index contributed by atoms with van der Waals surface area (Å²) in [5, 5.41) is 15.7. The molecule has 2 aromatic carbocycles. The lowest BCUT2D eigenvalue weighted by atomic mass is 10.2. The molecule has 1 amide bonds. The molecule has 1 N–H and O–H groups in total. The van der Waals surface area contributed by atoms with E-state index in [4.69, 9.17) is 4.42 Å². The average molecular weight is 504 g/mol. The van der Waals surface area contributed by atoms with Crippen molar-refractivity contribution in [3.8, 4) is 11.4 Å². The number of carbonyl (C=O) groups excluding carboxylic acids is 1.